The van der Waals surface area contributed by atoms with Crippen molar-refractivity contribution in [2.24, 2.45) is 0 Å². The quantitative estimate of drug-likeness (QED) is 0.775. The lowest BCUT2D eigenvalue weighted by molar-refractivity contribution is 0.628. The van der Waals surface area contributed by atoms with Crippen molar-refractivity contribution in [2.45, 2.75) is 38.6 Å². The molecule has 2 nitrogen and oxygen atoms in total. The average molecular weight is 392 g/mol. The van der Waals surface area contributed by atoms with Crippen LogP contribution in [0.3, 0.4) is 0 Å². The molecule has 0 spiro atoms. The number of hydrogen-bond donors (Lipinski definition) is 1. The second-order valence-electron chi connectivity index (χ2n) is 4.89. The average Bonchev–Trinajstić information content (AvgIpc) is 3.00. The highest BCUT2D eigenvalue weighted by atomic mass is 79.9. The van der Waals surface area contributed by atoms with Crippen molar-refractivity contribution in [3.05, 3.63) is 35.3 Å². The van der Waals surface area contributed by atoms with E-state index in [0.29, 0.717) is 0 Å². The maximum absolute atomic E-state index is 6.19. The van der Waals surface area contributed by atoms with E-state index in [2.05, 4.69) is 34.2 Å². The summed E-state index contributed by atoms with van der Waals surface area (Å²) < 4.78 is 1.78. The number of nitrogens with zero attached hydrogens (tertiary/aromatic N) is 1. The molecule has 0 fully saturated rings. The molecule has 0 saturated carbocycles. The first-order valence-electron chi connectivity index (χ1n) is 6.85. The van der Waals surface area contributed by atoms with Crippen molar-refractivity contribution in [1.29, 1.82) is 0 Å². The summed E-state index contributed by atoms with van der Waals surface area (Å²) in [4.78, 5) is 7.60. The summed E-state index contributed by atoms with van der Waals surface area (Å²) in [5, 5.41) is 4.73. The highest BCUT2D eigenvalue weighted by molar-refractivity contribution is 9.10. The number of nitrogens with one attached hydrogen (secondary N) is 1. The van der Waals surface area contributed by atoms with Crippen LogP contribution in [-0.4, -0.2) is 11.5 Å². The summed E-state index contributed by atoms with van der Waals surface area (Å²) in [5.74, 6) is 0. The minimum Gasteiger partial charge on any atom is -0.304 e. The molecule has 1 aliphatic rings. The molecule has 2 aromatic rings. The molecule has 1 unspecified atom stereocenters. The van der Waals surface area contributed by atoms with Gasteiger partial charge in [0.25, 0.3) is 0 Å². The zero-order valence-corrected chi connectivity index (χ0v) is 15.2. The summed E-state index contributed by atoms with van der Waals surface area (Å²) in [6, 6.07) is 2.28. The van der Waals surface area contributed by atoms with Crippen LogP contribution in [0.15, 0.2) is 10.5 Å². The number of rotatable bonds is 4. The van der Waals surface area contributed by atoms with Crippen LogP contribution in [-0.2, 0) is 12.8 Å². The van der Waals surface area contributed by atoms with Gasteiger partial charge in [-0.05, 0) is 54.2 Å². The third kappa shape index (κ3) is 2.97. The van der Waals surface area contributed by atoms with E-state index in [1.165, 1.54) is 39.7 Å². The second kappa shape index (κ2) is 6.44. The fourth-order valence-electron chi connectivity index (χ4n) is 2.51. The van der Waals surface area contributed by atoms with Gasteiger partial charge < -0.3 is 5.32 Å². The Kier molecular flexibility index (Phi) is 4.82. The molecule has 0 aliphatic heterocycles. The zero-order valence-electron chi connectivity index (χ0n) is 11.2. The van der Waals surface area contributed by atoms with Crippen LogP contribution in [0.1, 0.15) is 46.3 Å². The molecule has 3 rings (SSSR count). The van der Waals surface area contributed by atoms with Gasteiger partial charge in [-0.15, -0.1) is 22.7 Å². The van der Waals surface area contributed by atoms with Gasteiger partial charge in [-0.25, -0.2) is 4.98 Å². The maximum atomic E-state index is 6.19. The maximum Gasteiger partial charge on any atom is 0.115 e. The highest BCUT2D eigenvalue weighted by Gasteiger charge is 2.23. The van der Waals surface area contributed by atoms with E-state index in [0.717, 1.165) is 21.8 Å². The van der Waals surface area contributed by atoms with E-state index in [9.17, 15) is 0 Å². The molecule has 108 valence electrons. The molecule has 1 aliphatic carbocycles. The number of fused-ring (bicyclic) bond motifs is 1. The number of halogens is 2. The summed E-state index contributed by atoms with van der Waals surface area (Å²) in [7, 11) is 0. The predicted molar refractivity (Wildman–Crippen MR) is 91.3 cm³/mol. The van der Waals surface area contributed by atoms with E-state index in [1.54, 1.807) is 11.3 Å². The Labute approximate surface area is 140 Å². The van der Waals surface area contributed by atoms with Gasteiger partial charge in [0.05, 0.1) is 11.7 Å². The Hall–Kier alpha value is 0.0600. The molecule has 0 amide bonds. The Morgan fingerprint density at radius 3 is 2.85 bits per heavy atom. The third-order valence-electron chi connectivity index (χ3n) is 3.47. The van der Waals surface area contributed by atoms with Crippen LogP contribution in [0.2, 0.25) is 4.34 Å². The van der Waals surface area contributed by atoms with Crippen LogP contribution < -0.4 is 5.32 Å². The molecule has 2 heterocycles. The molecular formula is C14H16BrClN2S2. The molecule has 0 aromatic carbocycles. The van der Waals surface area contributed by atoms with Crippen molar-refractivity contribution in [2.75, 3.05) is 6.54 Å². The van der Waals surface area contributed by atoms with Gasteiger partial charge in [0.2, 0.25) is 0 Å². The molecule has 0 bridgehead atoms. The monoisotopic (exact) mass is 390 g/mol. The van der Waals surface area contributed by atoms with Crippen molar-refractivity contribution in [3.8, 4) is 0 Å². The van der Waals surface area contributed by atoms with Crippen LogP contribution in [0.5, 0.6) is 0 Å². The first-order valence-corrected chi connectivity index (χ1v) is 9.66. The minimum atomic E-state index is 0.171. The van der Waals surface area contributed by atoms with Gasteiger partial charge in [0.1, 0.15) is 9.34 Å². The molecule has 1 atom stereocenters. The van der Waals surface area contributed by atoms with Crippen molar-refractivity contribution in [3.63, 3.8) is 0 Å². The van der Waals surface area contributed by atoms with Crippen LogP contribution in [0, 0.1) is 0 Å². The Morgan fingerprint density at radius 1 is 1.40 bits per heavy atom. The number of aromatic nitrogens is 1. The van der Waals surface area contributed by atoms with Crippen molar-refractivity contribution < 1.29 is 0 Å². The highest BCUT2D eigenvalue weighted by Crippen LogP contribution is 2.39. The molecule has 20 heavy (non-hydrogen) atoms. The molecule has 1 N–H and O–H groups in total. The Bertz CT molecular complexity index is 565. The summed E-state index contributed by atoms with van der Waals surface area (Å²) in [6.07, 6.45) is 4.91. The van der Waals surface area contributed by atoms with Gasteiger partial charge in [0, 0.05) is 14.2 Å². The molecule has 0 saturated heterocycles. The van der Waals surface area contributed by atoms with Crippen LogP contribution >= 0.6 is 50.2 Å². The second-order valence-corrected chi connectivity index (χ2v) is 8.55. The lowest BCUT2D eigenvalue weighted by atomic mass is 10.0. The predicted octanol–water partition coefficient (Wildman–Crippen LogP) is 5.20. The molecule has 6 heteroatoms. The number of thiazole rings is 1. The van der Waals surface area contributed by atoms with Gasteiger partial charge in [-0.3, -0.25) is 0 Å². The molecular weight excluding hydrogens is 376 g/mol. The van der Waals surface area contributed by atoms with E-state index >= 15 is 0 Å². The summed E-state index contributed by atoms with van der Waals surface area (Å²) >= 11 is 13.2. The first-order chi connectivity index (χ1) is 9.69. The van der Waals surface area contributed by atoms with Gasteiger partial charge in [0.15, 0.2) is 0 Å². The lowest BCUT2D eigenvalue weighted by Crippen LogP contribution is -2.21. The van der Waals surface area contributed by atoms with E-state index < -0.39 is 0 Å². The topological polar surface area (TPSA) is 24.9 Å². The zero-order chi connectivity index (χ0) is 14.1. The van der Waals surface area contributed by atoms with Crippen LogP contribution in [0.4, 0.5) is 0 Å². The Balaban J connectivity index is 1.95. The number of thiophene rings is 1. The van der Waals surface area contributed by atoms with Crippen LogP contribution in [0.25, 0.3) is 0 Å². The normalized spacial score (nSPS) is 16.1. The number of aryl methyl sites for hydroxylation is 2. The smallest absolute Gasteiger partial charge is 0.115 e. The van der Waals surface area contributed by atoms with E-state index in [-0.39, 0.29) is 6.04 Å². The third-order valence-corrected chi connectivity index (χ3v) is 7.23. The van der Waals surface area contributed by atoms with Crippen molar-refractivity contribution >= 4 is 50.2 Å². The lowest BCUT2D eigenvalue weighted by Gasteiger charge is -2.13. The number of hydrogen-bond acceptors (Lipinski definition) is 4. The fourth-order valence-corrected chi connectivity index (χ4v) is 5.65. The first kappa shape index (κ1) is 15.0. The van der Waals surface area contributed by atoms with Gasteiger partial charge >= 0.3 is 0 Å². The summed E-state index contributed by atoms with van der Waals surface area (Å²) in [5.41, 5.74) is 1.32. The van der Waals surface area contributed by atoms with E-state index in [4.69, 9.17) is 16.6 Å². The molecule has 0 radical (unpaired) electrons. The van der Waals surface area contributed by atoms with E-state index in [1.807, 2.05) is 11.3 Å². The minimum absolute atomic E-state index is 0.171. The standard InChI is InChI=1S/C14H16BrClN2S2/c1-2-17-12(11-7-8(15)13(16)19-11)14-18-9-5-3-4-6-10(9)20-14/h7,12,17H,2-6H2,1H3. The summed E-state index contributed by atoms with van der Waals surface area (Å²) in [6.45, 7) is 3.05. The SMILES string of the molecule is CCNC(c1cc(Br)c(Cl)s1)c1nc2c(s1)CCCC2. The van der Waals surface area contributed by atoms with Gasteiger partial charge in [-0.2, -0.15) is 0 Å². The molecule has 2 aromatic heterocycles. The fraction of sp³-hybridized carbons (Fsp3) is 0.500. The van der Waals surface area contributed by atoms with Crippen molar-refractivity contribution in [1.82, 2.24) is 10.3 Å². The largest absolute Gasteiger partial charge is 0.304 e. The Morgan fingerprint density at radius 2 is 2.20 bits per heavy atom. The van der Waals surface area contributed by atoms with Gasteiger partial charge in [-0.1, -0.05) is 18.5 Å².